The second-order valence-corrected chi connectivity index (χ2v) is 5.81. The van der Waals surface area contributed by atoms with E-state index in [1.54, 1.807) is 7.11 Å². The summed E-state index contributed by atoms with van der Waals surface area (Å²) >= 11 is 0. The van der Waals surface area contributed by atoms with Gasteiger partial charge in [-0.25, -0.2) is 0 Å². The van der Waals surface area contributed by atoms with Gasteiger partial charge in [0, 0.05) is 38.8 Å². The number of nitrogens with zero attached hydrogens (tertiary/aromatic N) is 1. The third-order valence-corrected chi connectivity index (χ3v) is 4.25. The number of nitrogens with one attached hydrogen (secondary N) is 1. The first-order chi connectivity index (χ1) is 9.74. The van der Waals surface area contributed by atoms with Gasteiger partial charge in [0.2, 0.25) is 0 Å². The fourth-order valence-corrected chi connectivity index (χ4v) is 3.01. The minimum atomic E-state index is 0.295. The predicted octanol–water partition coefficient (Wildman–Crippen LogP) is 2.84. The van der Waals surface area contributed by atoms with Crippen molar-refractivity contribution in [3.05, 3.63) is 35.9 Å². The van der Waals surface area contributed by atoms with Crippen LogP contribution >= 0.6 is 0 Å². The van der Waals surface area contributed by atoms with Crippen molar-refractivity contribution in [2.45, 2.75) is 44.9 Å². The molecule has 1 aromatic carbocycles. The zero-order chi connectivity index (χ0) is 14.4. The Morgan fingerprint density at radius 3 is 2.75 bits per heavy atom. The molecule has 0 aromatic heterocycles. The summed E-state index contributed by atoms with van der Waals surface area (Å²) in [5.74, 6) is 0. The molecular formula is C17H28N2O. The fourth-order valence-electron chi connectivity index (χ4n) is 3.01. The smallest absolute Gasteiger partial charge is 0.0670 e. The van der Waals surface area contributed by atoms with Gasteiger partial charge in [-0.15, -0.1) is 0 Å². The van der Waals surface area contributed by atoms with Crippen LogP contribution in [0.1, 0.15) is 38.3 Å². The third-order valence-electron chi connectivity index (χ3n) is 4.25. The zero-order valence-corrected chi connectivity index (χ0v) is 13.0. The Labute approximate surface area is 123 Å². The van der Waals surface area contributed by atoms with Crippen LogP contribution < -0.4 is 5.32 Å². The molecule has 1 aliphatic rings. The van der Waals surface area contributed by atoms with Crippen molar-refractivity contribution >= 4 is 0 Å². The quantitative estimate of drug-likeness (QED) is 0.864. The van der Waals surface area contributed by atoms with Crippen LogP contribution in [0.25, 0.3) is 0 Å². The van der Waals surface area contributed by atoms with Crippen molar-refractivity contribution in [2.24, 2.45) is 0 Å². The van der Waals surface area contributed by atoms with Gasteiger partial charge in [-0.3, -0.25) is 4.90 Å². The van der Waals surface area contributed by atoms with E-state index in [9.17, 15) is 0 Å². The highest BCUT2D eigenvalue weighted by Crippen LogP contribution is 2.22. The number of rotatable bonds is 6. The normalized spacial score (nSPS) is 25.6. The lowest BCUT2D eigenvalue weighted by Gasteiger charge is -2.41. The number of hydrogen-bond donors (Lipinski definition) is 1. The molecule has 112 valence electrons. The molecule has 0 aliphatic carbocycles. The summed E-state index contributed by atoms with van der Waals surface area (Å²) in [5.41, 5.74) is 1.39. The Balaban J connectivity index is 2.03. The van der Waals surface area contributed by atoms with Gasteiger partial charge in [-0.05, 0) is 18.9 Å². The Kier molecular flexibility index (Phi) is 6.02. The maximum absolute atomic E-state index is 5.46. The first-order valence-corrected chi connectivity index (χ1v) is 7.79. The molecule has 3 unspecified atom stereocenters. The van der Waals surface area contributed by atoms with Crippen LogP contribution in [0.3, 0.4) is 0 Å². The van der Waals surface area contributed by atoms with Gasteiger partial charge >= 0.3 is 0 Å². The molecule has 1 N–H and O–H groups in total. The van der Waals surface area contributed by atoms with Crippen LogP contribution in [-0.2, 0) is 4.74 Å². The average Bonchev–Trinajstić information content (AvgIpc) is 2.50. The predicted molar refractivity (Wildman–Crippen MR) is 83.9 cm³/mol. The molecule has 1 heterocycles. The average molecular weight is 276 g/mol. The van der Waals surface area contributed by atoms with Crippen LogP contribution in [0.4, 0.5) is 0 Å². The van der Waals surface area contributed by atoms with Crippen molar-refractivity contribution in [2.75, 3.05) is 26.7 Å². The molecule has 1 saturated heterocycles. The van der Waals surface area contributed by atoms with E-state index in [1.165, 1.54) is 18.4 Å². The molecule has 0 amide bonds. The van der Waals surface area contributed by atoms with E-state index in [-0.39, 0.29) is 0 Å². The summed E-state index contributed by atoms with van der Waals surface area (Å²) in [6, 6.07) is 11.8. The molecule has 3 heteroatoms. The number of piperazine rings is 1. The van der Waals surface area contributed by atoms with E-state index in [0.717, 1.165) is 19.6 Å². The molecule has 0 saturated carbocycles. The molecule has 3 nitrogen and oxygen atoms in total. The van der Waals surface area contributed by atoms with Crippen LogP contribution in [0.5, 0.6) is 0 Å². The van der Waals surface area contributed by atoms with Gasteiger partial charge in [0.25, 0.3) is 0 Å². The molecule has 3 atom stereocenters. The summed E-state index contributed by atoms with van der Waals surface area (Å²) in [6.45, 7) is 7.59. The van der Waals surface area contributed by atoms with Gasteiger partial charge in [-0.2, -0.15) is 0 Å². The number of hydrogen-bond acceptors (Lipinski definition) is 3. The van der Waals surface area contributed by atoms with E-state index in [4.69, 9.17) is 4.74 Å². The number of methoxy groups -OCH3 is 1. The van der Waals surface area contributed by atoms with Crippen LogP contribution in [0, 0.1) is 0 Å². The van der Waals surface area contributed by atoms with E-state index >= 15 is 0 Å². The lowest BCUT2D eigenvalue weighted by atomic mass is 9.99. The third kappa shape index (κ3) is 4.05. The largest absolute Gasteiger partial charge is 0.380 e. The van der Waals surface area contributed by atoms with Crippen molar-refractivity contribution in [1.29, 1.82) is 0 Å². The Morgan fingerprint density at radius 1 is 1.35 bits per heavy atom. The first-order valence-electron chi connectivity index (χ1n) is 7.79. The molecular weight excluding hydrogens is 248 g/mol. The second-order valence-electron chi connectivity index (χ2n) is 5.81. The van der Waals surface area contributed by atoms with Gasteiger partial charge in [-0.1, -0.05) is 43.7 Å². The summed E-state index contributed by atoms with van der Waals surface area (Å²) in [4.78, 5) is 2.60. The fraction of sp³-hybridized carbons (Fsp3) is 0.647. The Hall–Kier alpha value is -0.900. The molecule has 0 bridgehead atoms. The molecule has 1 aromatic rings. The maximum Gasteiger partial charge on any atom is 0.0670 e. The van der Waals surface area contributed by atoms with Gasteiger partial charge in [0.15, 0.2) is 0 Å². The summed E-state index contributed by atoms with van der Waals surface area (Å²) in [6.07, 6.45) is 2.79. The zero-order valence-electron chi connectivity index (χ0n) is 13.0. The lowest BCUT2D eigenvalue weighted by Crippen LogP contribution is -2.54. The summed E-state index contributed by atoms with van der Waals surface area (Å²) in [5, 5.41) is 3.71. The number of ether oxygens (including phenoxy) is 1. The highest BCUT2D eigenvalue weighted by Gasteiger charge is 2.28. The summed E-state index contributed by atoms with van der Waals surface area (Å²) in [7, 11) is 1.80. The molecule has 0 radical (unpaired) electrons. The van der Waals surface area contributed by atoms with Crippen molar-refractivity contribution < 1.29 is 4.74 Å². The Bertz CT molecular complexity index is 382. The lowest BCUT2D eigenvalue weighted by molar-refractivity contribution is 0.0384. The van der Waals surface area contributed by atoms with E-state index in [0.29, 0.717) is 18.2 Å². The number of benzene rings is 1. The minimum Gasteiger partial charge on any atom is -0.380 e. The minimum absolute atomic E-state index is 0.295. The molecule has 1 aliphatic heterocycles. The van der Waals surface area contributed by atoms with Crippen LogP contribution in [-0.4, -0.2) is 43.8 Å². The second kappa shape index (κ2) is 7.77. The van der Waals surface area contributed by atoms with E-state index in [2.05, 4.69) is 54.4 Å². The van der Waals surface area contributed by atoms with Crippen molar-refractivity contribution in [3.8, 4) is 0 Å². The van der Waals surface area contributed by atoms with Crippen molar-refractivity contribution in [1.82, 2.24) is 10.2 Å². The van der Waals surface area contributed by atoms with E-state index < -0.39 is 0 Å². The van der Waals surface area contributed by atoms with Crippen LogP contribution in [0.15, 0.2) is 30.3 Å². The monoisotopic (exact) mass is 276 g/mol. The Morgan fingerprint density at radius 2 is 2.10 bits per heavy atom. The van der Waals surface area contributed by atoms with Gasteiger partial charge < -0.3 is 10.1 Å². The van der Waals surface area contributed by atoms with Crippen LogP contribution in [0.2, 0.25) is 0 Å². The first kappa shape index (κ1) is 15.5. The van der Waals surface area contributed by atoms with Crippen molar-refractivity contribution in [3.63, 3.8) is 0 Å². The van der Waals surface area contributed by atoms with Gasteiger partial charge in [0.1, 0.15) is 0 Å². The highest BCUT2D eigenvalue weighted by atomic mass is 16.5. The maximum atomic E-state index is 5.46. The molecule has 2 rings (SSSR count). The SMILES string of the molecule is CCCC1CNC(c2ccccc2)CN1CC(C)OC. The highest BCUT2D eigenvalue weighted by molar-refractivity contribution is 5.20. The van der Waals surface area contributed by atoms with E-state index in [1.807, 2.05) is 0 Å². The molecule has 1 fully saturated rings. The summed E-state index contributed by atoms with van der Waals surface area (Å²) < 4.78 is 5.46. The molecule has 20 heavy (non-hydrogen) atoms. The molecule has 0 spiro atoms. The van der Waals surface area contributed by atoms with Gasteiger partial charge in [0.05, 0.1) is 6.10 Å². The standard InChI is InChI=1S/C17H28N2O/c1-4-8-16-11-18-17(15-9-6-5-7-10-15)13-19(16)12-14(2)20-3/h5-7,9-10,14,16-18H,4,8,11-13H2,1-3H3. The topological polar surface area (TPSA) is 24.5 Å².